The van der Waals surface area contributed by atoms with Gasteiger partial charge in [-0.15, -0.1) is 0 Å². The van der Waals surface area contributed by atoms with Gasteiger partial charge in [-0.25, -0.2) is 0 Å². The number of hydrogen-bond donors (Lipinski definition) is 0. The summed E-state index contributed by atoms with van der Waals surface area (Å²) in [5.74, 6) is -1.19. The van der Waals surface area contributed by atoms with Gasteiger partial charge in [0.2, 0.25) is 0 Å². The maximum absolute atomic E-state index is 11.9. The number of carbonyl (C=O) groups excluding carboxylic acids is 2. The van der Waals surface area contributed by atoms with Crippen molar-refractivity contribution in [2.24, 2.45) is 11.3 Å². The summed E-state index contributed by atoms with van der Waals surface area (Å²) in [6.45, 7) is 2.03. The fourth-order valence-electron chi connectivity index (χ4n) is 3.54. The van der Waals surface area contributed by atoms with Crippen molar-refractivity contribution < 1.29 is 23.8 Å². The molecule has 0 N–H and O–H groups in total. The molecule has 5 heteroatoms. The molecule has 16 heavy (non-hydrogen) atoms. The first-order valence-corrected chi connectivity index (χ1v) is 5.47. The molecule has 0 aliphatic carbocycles. The topological polar surface area (TPSA) is 61.8 Å². The number of hydrogen-bond acceptors (Lipinski definition) is 5. The Kier molecular flexibility index (Phi) is 1.74. The zero-order valence-electron chi connectivity index (χ0n) is 9.32. The van der Waals surface area contributed by atoms with Gasteiger partial charge >= 0.3 is 11.9 Å². The van der Waals surface area contributed by atoms with E-state index in [0.717, 1.165) is 12.8 Å². The SMILES string of the molecule is COC(=O)[C@]1(C)[C@@H]2CC[C@]3(COC(=O)[C@@H]31)O2. The Bertz CT molecular complexity index is 379. The molecule has 88 valence electrons. The summed E-state index contributed by atoms with van der Waals surface area (Å²) in [5.41, 5.74) is -1.44. The number of rotatable bonds is 1. The normalized spacial score (nSPS) is 49.0. The van der Waals surface area contributed by atoms with Crippen LogP contribution < -0.4 is 0 Å². The maximum atomic E-state index is 11.9. The first-order valence-electron chi connectivity index (χ1n) is 5.47. The van der Waals surface area contributed by atoms with Gasteiger partial charge < -0.3 is 14.2 Å². The van der Waals surface area contributed by atoms with Crippen molar-refractivity contribution in [2.75, 3.05) is 13.7 Å². The lowest BCUT2D eigenvalue weighted by molar-refractivity contribution is -0.164. The van der Waals surface area contributed by atoms with Crippen molar-refractivity contribution in [2.45, 2.75) is 31.5 Å². The summed E-state index contributed by atoms with van der Waals surface area (Å²) in [7, 11) is 1.34. The van der Waals surface area contributed by atoms with Gasteiger partial charge in [-0.2, -0.15) is 0 Å². The Morgan fingerprint density at radius 2 is 2.31 bits per heavy atom. The molecule has 5 nitrogen and oxygen atoms in total. The molecule has 0 saturated carbocycles. The monoisotopic (exact) mass is 226 g/mol. The lowest BCUT2D eigenvalue weighted by Gasteiger charge is -2.33. The quantitative estimate of drug-likeness (QED) is 0.600. The third-order valence-corrected chi connectivity index (χ3v) is 4.32. The summed E-state index contributed by atoms with van der Waals surface area (Å²) < 4.78 is 15.7. The van der Waals surface area contributed by atoms with Gasteiger partial charge in [-0.1, -0.05) is 0 Å². The maximum Gasteiger partial charge on any atom is 0.315 e. The predicted octanol–water partition coefficient (Wildman–Crippen LogP) is 0.270. The number of methoxy groups -OCH3 is 1. The number of esters is 2. The van der Waals surface area contributed by atoms with Crippen LogP contribution in [0.4, 0.5) is 0 Å². The Morgan fingerprint density at radius 3 is 3.00 bits per heavy atom. The van der Waals surface area contributed by atoms with Crippen molar-refractivity contribution in [1.82, 2.24) is 0 Å². The van der Waals surface area contributed by atoms with Crippen LogP contribution in [0.25, 0.3) is 0 Å². The minimum absolute atomic E-state index is 0.210. The molecule has 0 aromatic rings. The Hall–Kier alpha value is -1.10. The standard InChI is InChI=1S/C11H14O5/c1-10(9(13)14-2)6-3-4-11(16-6)5-15-8(12)7(10)11/h6-7H,3-5H2,1-2H3/t6-,7+,10+,11+/m0/s1. The molecule has 0 radical (unpaired) electrons. The van der Waals surface area contributed by atoms with Gasteiger partial charge in [0, 0.05) is 0 Å². The van der Waals surface area contributed by atoms with Crippen LogP contribution in [0.15, 0.2) is 0 Å². The van der Waals surface area contributed by atoms with Gasteiger partial charge in [0.15, 0.2) is 0 Å². The molecule has 3 heterocycles. The van der Waals surface area contributed by atoms with Crippen LogP contribution in [0.2, 0.25) is 0 Å². The summed E-state index contributed by atoms with van der Waals surface area (Å²) >= 11 is 0. The van der Waals surface area contributed by atoms with Crippen LogP contribution in [-0.2, 0) is 23.8 Å². The van der Waals surface area contributed by atoms with Crippen LogP contribution in [0, 0.1) is 11.3 Å². The van der Waals surface area contributed by atoms with E-state index in [0.29, 0.717) is 0 Å². The second kappa shape index (κ2) is 2.77. The van der Waals surface area contributed by atoms with E-state index in [1.807, 2.05) is 0 Å². The zero-order valence-corrected chi connectivity index (χ0v) is 9.32. The molecule has 3 rings (SSSR count). The molecule has 0 unspecified atom stereocenters. The average Bonchev–Trinajstić information content (AvgIpc) is 2.90. The van der Waals surface area contributed by atoms with E-state index in [9.17, 15) is 9.59 Å². The predicted molar refractivity (Wildman–Crippen MR) is 51.4 cm³/mol. The van der Waals surface area contributed by atoms with E-state index in [-0.39, 0.29) is 24.6 Å². The average molecular weight is 226 g/mol. The van der Waals surface area contributed by atoms with E-state index >= 15 is 0 Å². The number of cyclic esters (lactones) is 1. The van der Waals surface area contributed by atoms with Gasteiger partial charge in [0.05, 0.1) is 13.2 Å². The van der Waals surface area contributed by atoms with Gasteiger partial charge in [-0.3, -0.25) is 9.59 Å². The third-order valence-electron chi connectivity index (χ3n) is 4.32. The van der Waals surface area contributed by atoms with Crippen molar-refractivity contribution in [1.29, 1.82) is 0 Å². The third kappa shape index (κ3) is 0.867. The van der Waals surface area contributed by atoms with Gasteiger partial charge in [-0.05, 0) is 19.8 Å². The van der Waals surface area contributed by atoms with E-state index in [1.54, 1.807) is 6.92 Å². The molecule has 2 bridgehead atoms. The molecule has 3 saturated heterocycles. The van der Waals surface area contributed by atoms with Crippen LogP contribution in [0.1, 0.15) is 19.8 Å². The minimum atomic E-state index is -0.874. The first kappa shape index (κ1) is 10.1. The van der Waals surface area contributed by atoms with Crippen LogP contribution in [-0.4, -0.2) is 37.4 Å². The highest BCUT2D eigenvalue weighted by atomic mass is 16.6. The van der Waals surface area contributed by atoms with Crippen LogP contribution in [0.3, 0.4) is 0 Å². The fraction of sp³-hybridized carbons (Fsp3) is 0.818. The second-order valence-corrected chi connectivity index (χ2v) is 5.02. The highest BCUT2D eigenvalue weighted by Gasteiger charge is 2.74. The van der Waals surface area contributed by atoms with Gasteiger partial charge in [0.1, 0.15) is 23.5 Å². The van der Waals surface area contributed by atoms with Crippen molar-refractivity contribution in [3.63, 3.8) is 0 Å². The van der Waals surface area contributed by atoms with E-state index in [1.165, 1.54) is 7.11 Å². The molecular weight excluding hydrogens is 212 g/mol. The van der Waals surface area contributed by atoms with Crippen molar-refractivity contribution in [3.05, 3.63) is 0 Å². The summed E-state index contributed by atoms with van der Waals surface area (Å²) in [6, 6.07) is 0. The molecule has 4 atom stereocenters. The zero-order chi connectivity index (χ0) is 11.6. The Balaban J connectivity index is 2.08. The summed E-state index contributed by atoms with van der Waals surface area (Å²) in [6.07, 6.45) is 1.37. The van der Waals surface area contributed by atoms with Gasteiger partial charge in [0.25, 0.3) is 0 Å². The summed E-state index contributed by atoms with van der Waals surface area (Å²) in [4.78, 5) is 23.7. The van der Waals surface area contributed by atoms with E-state index < -0.39 is 16.9 Å². The largest absolute Gasteiger partial charge is 0.469 e. The fourth-order valence-corrected chi connectivity index (χ4v) is 3.54. The smallest absolute Gasteiger partial charge is 0.315 e. The number of carbonyl (C=O) groups is 2. The molecular formula is C11H14O5. The molecule has 0 aromatic heterocycles. The molecule has 3 fully saturated rings. The highest BCUT2D eigenvalue weighted by Crippen LogP contribution is 2.61. The molecule has 1 spiro atoms. The summed E-state index contributed by atoms with van der Waals surface area (Å²) in [5, 5.41) is 0. The highest BCUT2D eigenvalue weighted by molar-refractivity contribution is 5.89. The van der Waals surface area contributed by atoms with Crippen molar-refractivity contribution >= 4 is 11.9 Å². The molecule has 0 aromatic carbocycles. The van der Waals surface area contributed by atoms with E-state index in [2.05, 4.69) is 0 Å². The number of fused-ring (bicyclic) bond motifs is 1. The van der Waals surface area contributed by atoms with Crippen LogP contribution >= 0.6 is 0 Å². The van der Waals surface area contributed by atoms with E-state index in [4.69, 9.17) is 14.2 Å². The molecule has 3 aliphatic rings. The lowest BCUT2D eigenvalue weighted by atomic mass is 9.63. The van der Waals surface area contributed by atoms with Crippen molar-refractivity contribution in [3.8, 4) is 0 Å². The molecule has 3 aliphatic heterocycles. The molecule has 0 amide bonds. The number of ether oxygens (including phenoxy) is 3. The Morgan fingerprint density at radius 1 is 1.56 bits per heavy atom. The lowest BCUT2D eigenvalue weighted by Crippen LogP contribution is -2.49. The Labute approximate surface area is 93.0 Å². The minimum Gasteiger partial charge on any atom is -0.469 e. The second-order valence-electron chi connectivity index (χ2n) is 5.02. The first-order chi connectivity index (χ1) is 7.54. The van der Waals surface area contributed by atoms with Crippen LogP contribution in [0.5, 0.6) is 0 Å².